The average molecular weight is 255 g/mol. The van der Waals surface area contributed by atoms with E-state index in [0.29, 0.717) is 18.7 Å². The number of aryl methyl sites for hydroxylation is 1. The second-order valence-corrected chi connectivity index (χ2v) is 6.27. The Balaban J connectivity index is 2.14. The van der Waals surface area contributed by atoms with Crippen LogP contribution in [0.3, 0.4) is 0 Å². The molecule has 5 nitrogen and oxygen atoms in total. The van der Waals surface area contributed by atoms with E-state index in [1.54, 1.807) is 18.5 Å². The van der Waals surface area contributed by atoms with Gasteiger partial charge in [0.15, 0.2) is 0 Å². The van der Waals surface area contributed by atoms with Crippen LogP contribution in [-0.4, -0.2) is 31.7 Å². The molecule has 0 amide bonds. The highest BCUT2D eigenvalue weighted by molar-refractivity contribution is 7.93. The predicted octanol–water partition coefficient (Wildman–Crippen LogP) is 0.884. The van der Waals surface area contributed by atoms with Crippen LogP contribution in [-0.2, 0) is 10.0 Å². The van der Waals surface area contributed by atoms with Crippen molar-refractivity contribution in [3.63, 3.8) is 0 Å². The van der Waals surface area contributed by atoms with E-state index in [4.69, 9.17) is 0 Å². The first-order chi connectivity index (χ1) is 8.09. The van der Waals surface area contributed by atoms with E-state index in [2.05, 4.69) is 15.0 Å². The number of sulfonamides is 1. The molecular weight excluding hydrogens is 238 g/mol. The summed E-state index contributed by atoms with van der Waals surface area (Å²) in [6.07, 6.45) is 4.80. The molecule has 1 aliphatic rings. The zero-order valence-electron chi connectivity index (χ0n) is 9.81. The second kappa shape index (κ2) is 5.01. The number of rotatable bonds is 3. The summed E-state index contributed by atoms with van der Waals surface area (Å²) in [4.78, 5) is 3.93. The number of piperidine rings is 1. The van der Waals surface area contributed by atoms with Gasteiger partial charge in [-0.1, -0.05) is 0 Å². The van der Waals surface area contributed by atoms with Gasteiger partial charge in [-0.2, -0.15) is 0 Å². The molecule has 0 aliphatic carbocycles. The van der Waals surface area contributed by atoms with Crippen LogP contribution in [0.2, 0.25) is 0 Å². The zero-order chi connectivity index (χ0) is 12.3. The molecule has 0 aromatic carbocycles. The van der Waals surface area contributed by atoms with Crippen molar-refractivity contribution < 1.29 is 8.42 Å². The van der Waals surface area contributed by atoms with Gasteiger partial charge in [0.2, 0.25) is 10.0 Å². The van der Waals surface area contributed by atoms with Gasteiger partial charge >= 0.3 is 0 Å². The summed E-state index contributed by atoms with van der Waals surface area (Å²) in [5.41, 5.74) is 1.45. The minimum Gasteiger partial charge on any atom is -0.315 e. The lowest BCUT2D eigenvalue weighted by molar-refractivity contribution is 0.499. The maximum Gasteiger partial charge on any atom is 0.236 e. The predicted molar refractivity (Wildman–Crippen MR) is 67.4 cm³/mol. The normalized spacial score (nSPS) is 21.1. The SMILES string of the molecule is Cc1ccncc1NS(=O)(=O)C1CCCNC1. The minimum absolute atomic E-state index is 0.351. The lowest BCUT2D eigenvalue weighted by Crippen LogP contribution is -2.41. The Labute approximate surface area is 102 Å². The highest BCUT2D eigenvalue weighted by atomic mass is 32.2. The number of aromatic nitrogens is 1. The summed E-state index contributed by atoms with van der Waals surface area (Å²) >= 11 is 0. The number of nitrogens with one attached hydrogen (secondary N) is 2. The third-order valence-corrected chi connectivity index (χ3v) is 4.77. The third-order valence-electron chi connectivity index (χ3n) is 2.98. The van der Waals surface area contributed by atoms with Gasteiger partial charge in [0.05, 0.1) is 17.1 Å². The van der Waals surface area contributed by atoms with Crippen LogP contribution in [0.25, 0.3) is 0 Å². The fourth-order valence-electron chi connectivity index (χ4n) is 1.89. The van der Waals surface area contributed by atoms with E-state index in [1.165, 1.54) is 0 Å². The molecule has 1 unspecified atom stereocenters. The first kappa shape index (κ1) is 12.3. The number of hydrogen-bond donors (Lipinski definition) is 2. The van der Waals surface area contributed by atoms with Crippen molar-refractivity contribution in [1.29, 1.82) is 0 Å². The van der Waals surface area contributed by atoms with Gasteiger partial charge in [-0.3, -0.25) is 9.71 Å². The summed E-state index contributed by atoms with van der Waals surface area (Å²) < 4.78 is 26.9. The molecule has 0 spiro atoms. The number of pyridine rings is 1. The van der Waals surface area contributed by atoms with Crippen LogP contribution in [0.5, 0.6) is 0 Å². The first-order valence-corrected chi connectivity index (χ1v) is 7.27. The van der Waals surface area contributed by atoms with Crippen molar-refractivity contribution in [2.24, 2.45) is 0 Å². The standard InChI is InChI=1S/C11H17N3O2S/c1-9-4-6-13-8-11(9)14-17(15,16)10-3-2-5-12-7-10/h4,6,8,10,12,14H,2-3,5,7H2,1H3. The molecule has 94 valence electrons. The molecule has 1 aliphatic heterocycles. The van der Waals surface area contributed by atoms with Crippen LogP contribution in [0.4, 0.5) is 5.69 Å². The summed E-state index contributed by atoms with van der Waals surface area (Å²) in [7, 11) is -3.31. The molecular formula is C11H17N3O2S. The van der Waals surface area contributed by atoms with Crippen LogP contribution in [0.15, 0.2) is 18.5 Å². The molecule has 1 fully saturated rings. The van der Waals surface area contributed by atoms with Crippen LogP contribution in [0, 0.1) is 6.92 Å². The van der Waals surface area contributed by atoms with Crippen molar-refractivity contribution in [3.05, 3.63) is 24.0 Å². The lowest BCUT2D eigenvalue weighted by Gasteiger charge is -2.23. The maximum absolute atomic E-state index is 12.1. The minimum atomic E-state index is -3.31. The monoisotopic (exact) mass is 255 g/mol. The molecule has 1 saturated heterocycles. The van der Waals surface area contributed by atoms with Gasteiger partial charge in [0.1, 0.15) is 0 Å². The largest absolute Gasteiger partial charge is 0.315 e. The Morgan fingerprint density at radius 2 is 2.35 bits per heavy atom. The van der Waals surface area contributed by atoms with Gasteiger partial charge in [-0.15, -0.1) is 0 Å². The smallest absolute Gasteiger partial charge is 0.236 e. The molecule has 2 heterocycles. The van der Waals surface area contributed by atoms with Crippen molar-refractivity contribution in [1.82, 2.24) is 10.3 Å². The van der Waals surface area contributed by atoms with E-state index in [1.807, 2.05) is 6.92 Å². The lowest BCUT2D eigenvalue weighted by atomic mass is 10.2. The quantitative estimate of drug-likeness (QED) is 0.841. The van der Waals surface area contributed by atoms with Crippen molar-refractivity contribution in [3.8, 4) is 0 Å². The first-order valence-electron chi connectivity index (χ1n) is 5.72. The van der Waals surface area contributed by atoms with Gasteiger partial charge in [-0.25, -0.2) is 8.42 Å². The Hall–Kier alpha value is -1.14. The summed E-state index contributed by atoms with van der Waals surface area (Å²) in [5, 5.41) is 2.76. The fourth-order valence-corrected chi connectivity index (χ4v) is 3.39. The van der Waals surface area contributed by atoms with Crippen molar-refractivity contribution >= 4 is 15.7 Å². The van der Waals surface area contributed by atoms with Crippen LogP contribution >= 0.6 is 0 Å². The molecule has 0 saturated carbocycles. The summed E-state index contributed by atoms with van der Waals surface area (Å²) in [5.74, 6) is 0. The van der Waals surface area contributed by atoms with Crippen LogP contribution in [0.1, 0.15) is 18.4 Å². The molecule has 17 heavy (non-hydrogen) atoms. The van der Waals surface area contributed by atoms with Crippen molar-refractivity contribution in [2.45, 2.75) is 25.0 Å². The number of nitrogens with zero attached hydrogens (tertiary/aromatic N) is 1. The molecule has 1 aromatic heterocycles. The summed E-state index contributed by atoms with van der Waals surface area (Å²) in [6, 6.07) is 1.79. The van der Waals surface area contributed by atoms with Gasteiger partial charge in [-0.05, 0) is 37.9 Å². The highest BCUT2D eigenvalue weighted by Crippen LogP contribution is 2.18. The highest BCUT2D eigenvalue weighted by Gasteiger charge is 2.27. The Bertz CT molecular complexity index is 481. The molecule has 2 N–H and O–H groups in total. The van der Waals surface area contributed by atoms with E-state index >= 15 is 0 Å². The number of hydrogen-bond acceptors (Lipinski definition) is 4. The topological polar surface area (TPSA) is 71.1 Å². The van der Waals surface area contributed by atoms with Gasteiger partial charge in [0, 0.05) is 12.7 Å². The number of anilines is 1. The second-order valence-electron chi connectivity index (χ2n) is 4.31. The molecule has 6 heteroatoms. The van der Waals surface area contributed by atoms with Crippen LogP contribution < -0.4 is 10.0 Å². The molecule has 0 bridgehead atoms. The average Bonchev–Trinajstić information content (AvgIpc) is 2.33. The molecule has 1 aromatic rings. The van der Waals surface area contributed by atoms with E-state index in [-0.39, 0.29) is 5.25 Å². The molecule has 0 radical (unpaired) electrons. The Kier molecular flexibility index (Phi) is 3.63. The maximum atomic E-state index is 12.1. The molecule has 2 rings (SSSR count). The zero-order valence-corrected chi connectivity index (χ0v) is 10.6. The van der Waals surface area contributed by atoms with E-state index < -0.39 is 10.0 Å². The summed E-state index contributed by atoms with van der Waals surface area (Å²) in [6.45, 7) is 3.28. The Morgan fingerprint density at radius 1 is 1.53 bits per heavy atom. The Morgan fingerprint density at radius 3 is 3.00 bits per heavy atom. The van der Waals surface area contributed by atoms with E-state index in [0.717, 1.165) is 18.5 Å². The molecule has 1 atom stereocenters. The van der Waals surface area contributed by atoms with Crippen molar-refractivity contribution in [2.75, 3.05) is 17.8 Å². The fraction of sp³-hybridized carbons (Fsp3) is 0.545. The third kappa shape index (κ3) is 2.95. The van der Waals surface area contributed by atoms with Gasteiger partial charge in [0.25, 0.3) is 0 Å². The van der Waals surface area contributed by atoms with Gasteiger partial charge < -0.3 is 5.32 Å². The van der Waals surface area contributed by atoms with E-state index in [9.17, 15) is 8.42 Å².